The average Bonchev–Trinajstić information content (AvgIpc) is 2.61. The molecule has 2 rings (SSSR count). The number of phenols is 1. The van der Waals surface area contributed by atoms with Gasteiger partial charge in [-0.05, 0) is 43.0 Å². The summed E-state index contributed by atoms with van der Waals surface area (Å²) in [5.74, 6) is 0.386. The third-order valence-electron chi connectivity index (χ3n) is 2.35. The van der Waals surface area contributed by atoms with Gasteiger partial charge in [-0.15, -0.1) is 0 Å². The van der Waals surface area contributed by atoms with E-state index in [2.05, 4.69) is 22.0 Å². The van der Waals surface area contributed by atoms with Gasteiger partial charge in [0.15, 0.2) is 0 Å². The van der Waals surface area contributed by atoms with Gasteiger partial charge in [-0.1, -0.05) is 22.0 Å². The molecule has 0 aliphatic heterocycles. The normalized spacial score (nSPS) is 15.9. The highest BCUT2D eigenvalue weighted by Gasteiger charge is 2.10. The quantitative estimate of drug-likeness (QED) is 0.791. The molecular formula is C11H11BrO. The smallest absolute Gasteiger partial charge is 0.123 e. The van der Waals surface area contributed by atoms with Gasteiger partial charge < -0.3 is 5.11 Å². The number of phenolic OH excluding ortho intramolecular Hbond substituents is 1. The van der Waals surface area contributed by atoms with E-state index in [1.54, 1.807) is 6.07 Å². The van der Waals surface area contributed by atoms with Crippen LogP contribution in [0, 0.1) is 0 Å². The Morgan fingerprint density at radius 1 is 1.31 bits per heavy atom. The molecule has 1 aliphatic carbocycles. The van der Waals surface area contributed by atoms with Crippen LogP contribution in [0.1, 0.15) is 24.8 Å². The molecule has 0 heterocycles. The first kappa shape index (κ1) is 8.82. The summed E-state index contributed by atoms with van der Waals surface area (Å²) in [4.78, 5) is 0. The Kier molecular flexibility index (Phi) is 2.40. The van der Waals surface area contributed by atoms with Crippen molar-refractivity contribution in [2.75, 3.05) is 0 Å². The van der Waals surface area contributed by atoms with Crippen LogP contribution in [0.25, 0.3) is 5.57 Å². The number of aromatic hydroxyl groups is 1. The van der Waals surface area contributed by atoms with E-state index in [4.69, 9.17) is 0 Å². The van der Waals surface area contributed by atoms with E-state index >= 15 is 0 Å². The van der Waals surface area contributed by atoms with Gasteiger partial charge in [0.05, 0.1) is 0 Å². The largest absolute Gasteiger partial charge is 0.507 e. The molecule has 0 unspecified atom stereocenters. The number of rotatable bonds is 1. The summed E-state index contributed by atoms with van der Waals surface area (Å²) < 4.78 is 1.02. The van der Waals surface area contributed by atoms with E-state index in [-0.39, 0.29) is 0 Å². The molecule has 0 atom stereocenters. The fraction of sp³-hybridized carbons (Fsp3) is 0.273. The van der Waals surface area contributed by atoms with Crippen LogP contribution in [-0.4, -0.2) is 5.11 Å². The Hall–Kier alpha value is -0.760. The van der Waals surface area contributed by atoms with Gasteiger partial charge >= 0.3 is 0 Å². The van der Waals surface area contributed by atoms with E-state index < -0.39 is 0 Å². The van der Waals surface area contributed by atoms with Crippen LogP contribution in [0.5, 0.6) is 5.75 Å². The summed E-state index contributed by atoms with van der Waals surface area (Å²) in [6, 6.07) is 5.57. The molecule has 0 aromatic heterocycles. The molecule has 1 N–H and O–H groups in total. The van der Waals surface area contributed by atoms with E-state index in [0.717, 1.165) is 22.9 Å². The molecule has 0 fully saturated rings. The lowest BCUT2D eigenvalue weighted by Gasteiger charge is -2.05. The molecule has 1 aliphatic rings. The molecule has 0 saturated carbocycles. The van der Waals surface area contributed by atoms with E-state index in [9.17, 15) is 5.11 Å². The maximum atomic E-state index is 9.63. The number of hydrogen-bond donors (Lipinski definition) is 1. The standard InChI is InChI=1S/C11H11BrO/c12-9-5-6-11(13)10(7-9)8-3-1-2-4-8/h3,5-7,13H,1-2,4H2. The van der Waals surface area contributed by atoms with Gasteiger partial charge in [0.2, 0.25) is 0 Å². The third kappa shape index (κ3) is 1.78. The zero-order valence-electron chi connectivity index (χ0n) is 7.26. The first-order chi connectivity index (χ1) is 6.27. The minimum absolute atomic E-state index is 0.386. The van der Waals surface area contributed by atoms with Gasteiger partial charge in [0.1, 0.15) is 5.75 Å². The number of allylic oxidation sites excluding steroid dienone is 2. The van der Waals surface area contributed by atoms with Crippen molar-refractivity contribution < 1.29 is 5.11 Å². The summed E-state index contributed by atoms with van der Waals surface area (Å²) in [6.45, 7) is 0. The molecule has 0 amide bonds. The summed E-state index contributed by atoms with van der Waals surface area (Å²) in [5.41, 5.74) is 2.26. The number of benzene rings is 1. The second kappa shape index (κ2) is 3.54. The predicted octanol–water partition coefficient (Wildman–Crippen LogP) is 3.72. The molecule has 0 bridgehead atoms. The van der Waals surface area contributed by atoms with Crippen LogP contribution >= 0.6 is 15.9 Å². The SMILES string of the molecule is Oc1ccc(Br)cc1C1=CCCC1. The summed E-state index contributed by atoms with van der Waals surface area (Å²) in [5, 5.41) is 9.63. The van der Waals surface area contributed by atoms with Crippen LogP contribution in [0.15, 0.2) is 28.7 Å². The summed E-state index contributed by atoms with van der Waals surface area (Å²) >= 11 is 3.41. The highest BCUT2D eigenvalue weighted by Crippen LogP contribution is 2.34. The number of halogens is 1. The van der Waals surface area contributed by atoms with Crippen molar-refractivity contribution in [3.63, 3.8) is 0 Å². The second-order valence-corrected chi connectivity index (χ2v) is 4.20. The monoisotopic (exact) mass is 238 g/mol. The molecule has 0 radical (unpaired) electrons. The van der Waals surface area contributed by atoms with Gasteiger partial charge in [0.25, 0.3) is 0 Å². The molecule has 1 aromatic carbocycles. The Bertz CT molecular complexity index is 355. The van der Waals surface area contributed by atoms with Crippen molar-refractivity contribution in [3.05, 3.63) is 34.3 Å². The first-order valence-electron chi connectivity index (χ1n) is 4.45. The van der Waals surface area contributed by atoms with Crippen molar-refractivity contribution in [2.45, 2.75) is 19.3 Å². The van der Waals surface area contributed by atoms with Crippen molar-refractivity contribution in [3.8, 4) is 5.75 Å². The highest BCUT2D eigenvalue weighted by molar-refractivity contribution is 9.10. The average molecular weight is 239 g/mol. The molecule has 1 nitrogen and oxygen atoms in total. The van der Waals surface area contributed by atoms with Crippen LogP contribution in [0.3, 0.4) is 0 Å². The number of hydrogen-bond acceptors (Lipinski definition) is 1. The molecule has 68 valence electrons. The summed E-state index contributed by atoms with van der Waals surface area (Å²) in [6.07, 6.45) is 5.65. The highest BCUT2D eigenvalue weighted by atomic mass is 79.9. The minimum atomic E-state index is 0.386. The second-order valence-electron chi connectivity index (χ2n) is 3.28. The van der Waals surface area contributed by atoms with Gasteiger partial charge in [-0.3, -0.25) is 0 Å². The lowest BCUT2D eigenvalue weighted by Crippen LogP contribution is -1.82. The molecular weight excluding hydrogens is 228 g/mol. The lowest BCUT2D eigenvalue weighted by molar-refractivity contribution is 0.473. The molecule has 13 heavy (non-hydrogen) atoms. The maximum Gasteiger partial charge on any atom is 0.123 e. The fourth-order valence-electron chi connectivity index (χ4n) is 1.68. The molecule has 0 spiro atoms. The molecule has 2 heteroatoms. The van der Waals surface area contributed by atoms with Crippen LogP contribution in [0.4, 0.5) is 0 Å². The first-order valence-corrected chi connectivity index (χ1v) is 5.24. The van der Waals surface area contributed by atoms with Crippen LogP contribution < -0.4 is 0 Å². The molecule has 1 aromatic rings. The van der Waals surface area contributed by atoms with Crippen LogP contribution in [-0.2, 0) is 0 Å². The maximum absolute atomic E-state index is 9.63. The van der Waals surface area contributed by atoms with Gasteiger partial charge in [-0.25, -0.2) is 0 Å². The minimum Gasteiger partial charge on any atom is -0.507 e. The Morgan fingerprint density at radius 3 is 2.85 bits per heavy atom. The van der Waals surface area contributed by atoms with E-state index in [0.29, 0.717) is 5.75 Å². The Balaban J connectivity index is 2.43. The zero-order chi connectivity index (χ0) is 9.26. The zero-order valence-corrected chi connectivity index (χ0v) is 8.84. The van der Waals surface area contributed by atoms with Gasteiger partial charge in [-0.2, -0.15) is 0 Å². The van der Waals surface area contributed by atoms with Crippen molar-refractivity contribution in [2.24, 2.45) is 0 Å². The predicted molar refractivity (Wildman–Crippen MR) is 57.6 cm³/mol. The third-order valence-corrected chi connectivity index (χ3v) is 2.84. The Morgan fingerprint density at radius 2 is 2.15 bits per heavy atom. The van der Waals surface area contributed by atoms with Crippen molar-refractivity contribution in [1.29, 1.82) is 0 Å². The van der Waals surface area contributed by atoms with E-state index in [1.165, 1.54) is 12.0 Å². The van der Waals surface area contributed by atoms with Crippen molar-refractivity contribution >= 4 is 21.5 Å². The van der Waals surface area contributed by atoms with Crippen LogP contribution in [0.2, 0.25) is 0 Å². The molecule has 0 saturated heterocycles. The lowest BCUT2D eigenvalue weighted by atomic mass is 10.0. The Labute approximate surface area is 86.2 Å². The van der Waals surface area contributed by atoms with Crippen molar-refractivity contribution in [1.82, 2.24) is 0 Å². The topological polar surface area (TPSA) is 20.2 Å². The fourth-order valence-corrected chi connectivity index (χ4v) is 2.04. The summed E-state index contributed by atoms with van der Waals surface area (Å²) in [7, 11) is 0. The van der Waals surface area contributed by atoms with Gasteiger partial charge in [0, 0.05) is 10.0 Å². The van der Waals surface area contributed by atoms with E-state index in [1.807, 2.05) is 12.1 Å².